The predicted octanol–water partition coefficient (Wildman–Crippen LogP) is 3.62. The number of anilines is 1. The Labute approximate surface area is 148 Å². The highest BCUT2D eigenvalue weighted by atomic mass is 32.1. The Morgan fingerprint density at radius 1 is 1.17 bits per heavy atom. The summed E-state index contributed by atoms with van der Waals surface area (Å²) in [6.45, 7) is 7.68. The second-order valence-electron chi connectivity index (χ2n) is 6.15. The molecule has 0 aliphatic carbocycles. The van der Waals surface area contributed by atoms with Gasteiger partial charge in [-0.25, -0.2) is 0 Å². The van der Waals surface area contributed by atoms with Gasteiger partial charge in [0.05, 0.1) is 4.88 Å². The summed E-state index contributed by atoms with van der Waals surface area (Å²) < 4.78 is 0. The van der Waals surface area contributed by atoms with Crippen molar-refractivity contribution in [3.63, 3.8) is 0 Å². The average molecular weight is 343 g/mol. The number of carbonyl (C=O) groups is 1. The molecular formula is C19H25N3OS. The minimum Gasteiger partial charge on any atom is -0.368 e. The highest BCUT2D eigenvalue weighted by molar-refractivity contribution is 7.14. The van der Waals surface area contributed by atoms with Crippen LogP contribution in [0.15, 0.2) is 30.6 Å². The third-order valence-electron chi connectivity index (χ3n) is 4.56. The Morgan fingerprint density at radius 3 is 2.50 bits per heavy atom. The van der Waals surface area contributed by atoms with E-state index < -0.39 is 0 Å². The highest BCUT2D eigenvalue weighted by Crippen LogP contribution is 2.26. The summed E-state index contributed by atoms with van der Waals surface area (Å²) in [6.07, 6.45) is 6.86. The number of thiophene rings is 1. The molecule has 1 aliphatic rings. The molecule has 1 amide bonds. The number of aryl methyl sites for hydroxylation is 2. The molecule has 1 aliphatic heterocycles. The summed E-state index contributed by atoms with van der Waals surface area (Å²) in [5, 5.41) is 0. The van der Waals surface area contributed by atoms with Crippen molar-refractivity contribution in [3.8, 4) is 0 Å². The van der Waals surface area contributed by atoms with Gasteiger partial charge in [0.25, 0.3) is 5.91 Å². The van der Waals surface area contributed by atoms with Crippen LogP contribution >= 0.6 is 11.3 Å². The van der Waals surface area contributed by atoms with Gasteiger partial charge in [0.2, 0.25) is 0 Å². The predicted molar refractivity (Wildman–Crippen MR) is 100 cm³/mol. The minimum absolute atomic E-state index is 0.200. The van der Waals surface area contributed by atoms with Crippen LogP contribution in [0.3, 0.4) is 0 Å². The molecule has 3 heterocycles. The maximum Gasteiger partial charge on any atom is 0.264 e. The van der Waals surface area contributed by atoms with Crippen LogP contribution in [0.1, 0.15) is 40.4 Å². The van der Waals surface area contributed by atoms with E-state index in [9.17, 15) is 4.79 Å². The van der Waals surface area contributed by atoms with Crippen LogP contribution < -0.4 is 4.90 Å². The molecule has 0 aromatic carbocycles. The smallest absolute Gasteiger partial charge is 0.264 e. The molecule has 3 rings (SSSR count). The normalized spacial score (nSPS) is 14.9. The van der Waals surface area contributed by atoms with E-state index in [2.05, 4.69) is 29.8 Å². The van der Waals surface area contributed by atoms with Crippen molar-refractivity contribution in [1.29, 1.82) is 0 Å². The fourth-order valence-electron chi connectivity index (χ4n) is 3.19. The van der Waals surface area contributed by atoms with Gasteiger partial charge >= 0.3 is 0 Å². The number of piperazine rings is 1. The summed E-state index contributed by atoms with van der Waals surface area (Å²) in [5.41, 5.74) is 2.53. The van der Waals surface area contributed by atoms with Gasteiger partial charge < -0.3 is 9.80 Å². The van der Waals surface area contributed by atoms with E-state index in [1.165, 1.54) is 16.1 Å². The molecule has 0 unspecified atom stereocenters. The molecule has 128 valence electrons. The first kappa shape index (κ1) is 17.0. The zero-order chi connectivity index (χ0) is 16.9. The number of hydrogen-bond donors (Lipinski definition) is 0. The van der Waals surface area contributed by atoms with Crippen LogP contribution in [-0.2, 0) is 12.8 Å². The highest BCUT2D eigenvalue weighted by Gasteiger charge is 2.24. The van der Waals surface area contributed by atoms with Crippen molar-refractivity contribution < 1.29 is 4.79 Å². The van der Waals surface area contributed by atoms with Crippen LogP contribution in [0.4, 0.5) is 5.69 Å². The first-order valence-corrected chi connectivity index (χ1v) is 9.60. The molecular weight excluding hydrogens is 318 g/mol. The molecule has 0 radical (unpaired) electrons. The Hall–Kier alpha value is -1.88. The summed E-state index contributed by atoms with van der Waals surface area (Å²) in [5.74, 6) is 0.200. The van der Waals surface area contributed by atoms with Crippen molar-refractivity contribution >= 4 is 22.9 Å². The molecule has 0 atom stereocenters. The third-order valence-corrected chi connectivity index (χ3v) is 5.79. The molecule has 0 bridgehead atoms. The van der Waals surface area contributed by atoms with Crippen molar-refractivity contribution in [1.82, 2.24) is 9.88 Å². The van der Waals surface area contributed by atoms with Crippen molar-refractivity contribution in [3.05, 3.63) is 45.9 Å². The summed E-state index contributed by atoms with van der Waals surface area (Å²) in [7, 11) is 0. The zero-order valence-corrected chi connectivity index (χ0v) is 15.3. The van der Waals surface area contributed by atoms with Gasteiger partial charge in [-0.3, -0.25) is 9.78 Å². The Morgan fingerprint density at radius 2 is 1.88 bits per heavy atom. The van der Waals surface area contributed by atoms with E-state index in [1.54, 1.807) is 11.3 Å². The standard InChI is InChI=1S/C19H25N3OS/c1-3-5-17-15(4-2)14-18(24-17)19(23)22-12-10-21(11-13-22)16-6-8-20-9-7-16/h6-9,14H,3-5,10-13H2,1-2H3. The van der Waals surface area contributed by atoms with Crippen LogP contribution in [0.2, 0.25) is 0 Å². The molecule has 1 saturated heterocycles. The Bertz CT molecular complexity index is 675. The van der Waals surface area contributed by atoms with Gasteiger partial charge in [-0.2, -0.15) is 0 Å². The molecule has 0 N–H and O–H groups in total. The van der Waals surface area contributed by atoms with Gasteiger partial charge in [-0.15, -0.1) is 11.3 Å². The van der Waals surface area contributed by atoms with E-state index in [0.717, 1.165) is 50.3 Å². The van der Waals surface area contributed by atoms with Gasteiger partial charge in [0, 0.05) is 49.1 Å². The lowest BCUT2D eigenvalue weighted by molar-refractivity contribution is 0.0751. The zero-order valence-electron chi connectivity index (χ0n) is 14.5. The molecule has 24 heavy (non-hydrogen) atoms. The number of carbonyl (C=O) groups excluding carboxylic acids is 1. The second kappa shape index (κ2) is 7.79. The number of rotatable bonds is 5. The van der Waals surface area contributed by atoms with E-state index in [1.807, 2.05) is 29.4 Å². The lowest BCUT2D eigenvalue weighted by Gasteiger charge is -2.35. The first-order chi connectivity index (χ1) is 11.7. The molecule has 5 heteroatoms. The molecule has 1 fully saturated rings. The van der Waals surface area contributed by atoms with Crippen molar-refractivity contribution in [2.24, 2.45) is 0 Å². The third kappa shape index (κ3) is 3.61. The summed E-state index contributed by atoms with van der Waals surface area (Å²) >= 11 is 1.69. The number of aromatic nitrogens is 1. The molecule has 2 aromatic rings. The first-order valence-electron chi connectivity index (χ1n) is 8.78. The van der Waals surface area contributed by atoms with Gasteiger partial charge in [-0.1, -0.05) is 20.3 Å². The summed E-state index contributed by atoms with van der Waals surface area (Å²) in [4.78, 5) is 23.5. The molecule has 2 aromatic heterocycles. The van der Waals surface area contributed by atoms with Crippen LogP contribution in [-0.4, -0.2) is 42.0 Å². The van der Waals surface area contributed by atoms with E-state index in [4.69, 9.17) is 0 Å². The maximum absolute atomic E-state index is 12.8. The largest absolute Gasteiger partial charge is 0.368 e. The van der Waals surface area contributed by atoms with Crippen LogP contribution in [0, 0.1) is 0 Å². The second-order valence-corrected chi connectivity index (χ2v) is 7.28. The minimum atomic E-state index is 0.200. The molecule has 4 nitrogen and oxygen atoms in total. The van der Waals surface area contributed by atoms with Crippen LogP contribution in [0.25, 0.3) is 0 Å². The quantitative estimate of drug-likeness (QED) is 0.832. The van der Waals surface area contributed by atoms with Gasteiger partial charge in [-0.05, 0) is 36.6 Å². The van der Waals surface area contributed by atoms with Crippen molar-refractivity contribution in [2.75, 3.05) is 31.1 Å². The summed E-state index contributed by atoms with van der Waals surface area (Å²) in [6, 6.07) is 6.18. The fraction of sp³-hybridized carbons (Fsp3) is 0.474. The topological polar surface area (TPSA) is 36.4 Å². The van der Waals surface area contributed by atoms with Crippen molar-refractivity contribution in [2.45, 2.75) is 33.1 Å². The lowest BCUT2D eigenvalue weighted by Crippen LogP contribution is -2.48. The number of nitrogens with zero attached hydrogens (tertiary/aromatic N) is 3. The number of amides is 1. The number of pyridine rings is 1. The SMILES string of the molecule is CCCc1sc(C(=O)N2CCN(c3ccncc3)CC2)cc1CC. The van der Waals surface area contributed by atoms with E-state index in [-0.39, 0.29) is 5.91 Å². The van der Waals surface area contributed by atoms with Gasteiger partial charge in [0.1, 0.15) is 0 Å². The maximum atomic E-state index is 12.8. The van der Waals surface area contributed by atoms with Crippen LogP contribution in [0.5, 0.6) is 0 Å². The Balaban J connectivity index is 1.65. The monoisotopic (exact) mass is 343 g/mol. The lowest BCUT2D eigenvalue weighted by atomic mass is 10.1. The Kier molecular flexibility index (Phi) is 5.51. The van der Waals surface area contributed by atoms with Gasteiger partial charge in [0.15, 0.2) is 0 Å². The fourth-order valence-corrected chi connectivity index (χ4v) is 4.51. The molecule has 0 saturated carbocycles. The average Bonchev–Trinajstić information content (AvgIpc) is 3.05. The molecule has 0 spiro atoms. The number of hydrogen-bond acceptors (Lipinski definition) is 4. The van der Waals surface area contributed by atoms with E-state index >= 15 is 0 Å². The van der Waals surface area contributed by atoms with E-state index in [0.29, 0.717) is 0 Å².